The fourth-order valence-electron chi connectivity index (χ4n) is 7.69. The Kier molecular flexibility index (Phi) is 16.6. The molecule has 6 aromatic rings. The van der Waals surface area contributed by atoms with Crippen molar-refractivity contribution in [3.63, 3.8) is 0 Å². The van der Waals surface area contributed by atoms with E-state index in [9.17, 15) is 37.2 Å². The highest BCUT2D eigenvalue weighted by Crippen LogP contribution is 2.18. The normalized spacial score (nSPS) is 16.2. The third-order valence-corrected chi connectivity index (χ3v) is 12.1. The van der Waals surface area contributed by atoms with Gasteiger partial charge in [-0.1, -0.05) is 0 Å². The quantitative estimate of drug-likeness (QED) is 0.220. The Hall–Kier alpha value is -5.94. The molecular weight excluding hydrogens is 867 g/mol. The Labute approximate surface area is 372 Å². The van der Waals surface area contributed by atoms with Gasteiger partial charge in [0.1, 0.15) is 16.9 Å². The Balaban J connectivity index is 0.000000147. The van der Waals surface area contributed by atoms with E-state index in [0.717, 1.165) is 58.0 Å². The van der Waals surface area contributed by atoms with Gasteiger partial charge in [0.25, 0.3) is 26.8 Å². The number of pyridine rings is 3. The van der Waals surface area contributed by atoms with Gasteiger partial charge in [-0.05, 0) is 92.7 Å². The average molecular weight is 922 g/mol. The molecule has 0 aromatic carbocycles. The van der Waals surface area contributed by atoms with E-state index in [1.54, 1.807) is 76.1 Å². The minimum absolute atomic E-state index is 0.248. The molecule has 9 rings (SSSR count). The maximum absolute atomic E-state index is 12.5. The molecule has 21 nitrogen and oxygen atoms in total. The maximum Gasteiger partial charge on any atom is 0.332 e. The van der Waals surface area contributed by atoms with Crippen LogP contribution in [0.4, 0.5) is 0 Å². The molecule has 9 heterocycles. The van der Waals surface area contributed by atoms with Gasteiger partial charge in [0, 0.05) is 92.5 Å². The van der Waals surface area contributed by atoms with Gasteiger partial charge >= 0.3 is 17.1 Å². The van der Waals surface area contributed by atoms with Crippen LogP contribution in [0.2, 0.25) is 0 Å². The summed E-state index contributed by atoms with van der Waals surface area (Å²) in [5.41, 5.74) is -0.666. The second kappa shape index (κ2) is 22.3. The van der Waals surface area contributed by atoms with E-state index >= 15 is 0 Å². The molecule has 3 fully saturated rings. The highest BCUT2D eigenvalue weighted by molar-refractivity contribution is 7.85. The van der Waals surface area contributed by atoms with Crippen LogP contribution in [0.1, 0.15) is 38.5 Å². The molecule has 3 saturated heterocycles. The average Bonchev–Trinajstić information content (AvgIpc) is 3.33. The molecular formula is C43H55N9O12S. The zero-order valence-corrected chi connectivity index (χ0v) is 37.7. The molecule has 3 aliphatic heterocycles. The monoisotopic (exact) mass is 921 g/mol. The van der Waals surface area contributed by atoms with Crippen LogP contribution in [0.3, 0.4) is 0 Å². The number of nitrogens with one attached hydrogen (secondary N) is 1. The van der Waals surface area contributed by atoms with Crippen LogP contribution in [0.5, 0.6) is 0 Å². The van der Waals surface area contributed by atoms with E-state index in [0.29, 0.717) is 97.0 Å². The van der Waals surface area contributed by atoms with Crippen molar-refractivity contribution in [1.29, 1.82) is 0 Å². The van der Waals surface area contributed by atoms with E-state index in [1.165, 1.54) is 22.8 Å². The fourth-order valence-corrected chi connectivity index (χ4v) is 8.13. The molecule has 0 amide bonds. The van der Waals surface area contributed by atoms with Crippen LogP contribution in [0.25, 0.3) is 33.1 Å². The van der Waals surface area contributed by atoms with E-state index in [-0.39, 0.29) is 22.5 Å². The second-order valence-corrected chi connectivity index (χ2v) is 17.8. The number of hydrogen-bond donors (Lipinski definition) is 1. The smallest absolute Gasteiger partial charge is 0.332 e. The first kappa shape index (κ1) is 48.5. The predicted molar refractivity (Wildman–Crippen MR) is 242 cm³/mol. The first-order chi connectivity index (χ1) is 31.1. The molecule has 0 saturated carbocycles. The molecule has 0 bridgehead atoms. The van der Waals surface area contributed by atoms with Crippen molar-refractivity contribution in [2.75, 3.05) is 52.5 Å². The number of aromatic nitrogens is 9. The number of nitrogens with zero attached hydrogens (tertiary/aromatic N) is 8. The number of aromatic amines is 1. The summed E-state index contributed by atoms with van der Waals surface area (Å²) in [6.45, 7) is 5.48. The van der Waals surface area contributed by atoms with Gasteiger partial charge in [0.15, 0.2) is 0 Å². The minimum Gasteiger partial charge on any atom is -0.381 e. The summed E-state index contributed by atoms with van der Waals surface area (Å²) in [6.07, 6.45) is 11.1. The van der Waals surface area contributed by atoms with Crippen LogP contribution in [-0.2, 0) is 62.7 Å². The highest BCUT2D eigenvalue weighted by atomic mass is 32.2. The molecule has 0 radical (unpaired) electrons. The molecule has 65 heavy (non-hydrogen) atoms. The second-order valence-electron chi connectivity index (χ2n) is 16.1. The lowest BCUT2D eigenvalue weighted by Crippen LogP contribution is -2.41. The molecule has 0 spiro atoms. The summed E-state index contributed by atoms with van der Waals surface area (Å²) in [5, 5.41) is 1.40. The van der Waals surface area contributed by atoms with Crippen molar-refractivity contribution in [2.45, 2.75) is 51.6 Å². The first-order valence-corrected chi connectivity index (χ1v) is 23.2. The van der Waals surface area contributed by atoms with E-state index in [4.69, 9.17) is 14.2 Å². The lowest BCUT2D eigenvalue weighted by Gasteiger charge is -2.22. The lowest BCUT2D eigenvalue weighted by atomic mass is 10.0. The molecule has 350 valence electrons. The number of H-pyrrole nitrogens is 1. The number of hydrogen-bond acceptors (Lipinski definition) is 15. The highest BCUT2D eigenvalue weighted by Gasteiger charge is 2.21. The van der Waals surface area contributed by atoms with Crippen molar-refractivity contribution < 1.29 is 26.8 Å². The van der Waals surface area contributed by atoms with E-state index < -0.39 is 21.4 Å². The Morgan fingerprint density at radius 3 is 1.35 bits per heavy atom. The van der Waals surface area contributed by atoms with Crippen molar-refractivity contribution in [2.24, 2.45) is 38.9 Å². The summed E-state index contributed by atoms with van der Waals surface area (Å²) >= 11 is 0. The topological polar surface area (TPSA) is 253 Å². The Bertz CT molecular complexity index is 2940. The standard InChI is InChI=1S/2C14H17N3O3.C8H7N3O2.C7H14O4S/c2*1-16-12-11(3-2-6-15-12)13(18)17(14(16)19)9-10-4-7-20-8-5-10;1-11-6-5(3-2-4-9-6)7(12)10-8(11)13;1-12(8,9)11-6-7-2-4-10-5-3-7/h2*2-3,6,10H,4-5,7-9H2,1H3;2-4H,1H3,(H,10,12,13);7H,2-6H2,1H3. The third-order valence-electron chi connectivity index (χ3n) is 11.5. The zero-order chi connectivity index (χ0) is 46.7. The number of fused-ring (bicyclic) bond motifs is 3. The third kappa shape index (κ3) is 12.5. The zero-order valence-electron chi connectivity index (χ0n) is 36.9. The van der Waals surface area contributed by atoms with Gasteiger partial charge in [-0.25, -0.2) is 29.3 Å². The summed E-state index contributed by atoms with van der Waals surface area (Å²) in [7, 11) is 1.60. The van der Waals surface area contributed by atoms with Gasteiger partial charge in [-0.15, -0.1) is 0 Å². The van der Waals surface area contributed by atoms with Gasteiger partial charge < -0.3 is 14.2 Å². The van der Waals surface area contributed by atoms with E-state index in [2.05, 4.69) is 24.1 Å². The van der Waals surface area contributed by atoms with Crippen LogP contribution in [0, 0.1) is 17.8 Å². The van der Waals surface area contributed by atoms with Gasteiger partial charge in [-0.2, -0.15) is 8.42 Å². The summed E-state index contributed by atoms with van der Waals surface area (Å²) < 4.78 is 48.5. The summed E-state index contributed by atoms with van der Waals surface area (Å²) in [5.74, 6) is 0.986. The van der Waals surface area contributed by atoms with Gasteiger partial charge in [0.2, 0.25) is 0 Å². The minimum atomic E-state index is -3.26. The summed E-state index contributed by atoms with van der Waals surface area (Å²) in [6, 6.07) is 10.1. The predicted octanol–water partition coefficient (Wildman–Crippen LogP) is 1.05. The number of ether oxygens (including phenoxy) is 3. The maximum atomic E-state index is 12.5. The van der Waals surface area contributed by atoms with Crippen molar-refractivity contribution in [1.82, 2.24) is 42.8 Å². The molecule has 0 unspecified atom stereocenters. The molecule has 0 atom stereocenters. The van der Waals surface area contributed by atoms with Gasteiger partial charge in [0.05, 0.1) is 29.0 Å². The van der Waals surface area contributed by atoms with Crippen LogP contribution in [-0.4, -0.2) is 104 Å². The lowest BCUT2D eigenvalue weighted by molar-refractivity contribution is 0.0508. The number of rotatable bonds is 7. The largest absolute Gasteiger partial charge is 0.381 e. The SMILES string of the molecule is CS(=O)(=O)OCC1CCOCC1.Cn1c(=O)[nH]c(=O)c2cccnc21.Cn1c(=O)n(CC2CCOCC2)c(=O)c2cccnc21.Cn1c(=O)n(CC2CCOCC2)c(=O)c2cccnc21. The molecule has 3 aliphatic rings. The van der Waals surface area contributed by atoms with Crippen molar-refractivity contribution in [3.05, 3.63) is 118 Å². The number of aryl methyl sites for hydroxylation is 3. The van der Waals surface area contributed by atoms with Crippen LogP contribution < -0.4 is 33.7 Å². The van der Waals surface area contributed by atoms with Crippen molar-refractivity contribution in [3.8, 4) is 0 Å². The van der Waals surface area contributed by atoms with Crippen molar-refractivity contribution >= 4 is 43.2 Å². The Morgan fingerprint density at radius 1 is 0.585 bits per heavy atom. The van der Waals surface area contributed by atoms with Gasteiger partial charge in [-0.3, -0.25) is 46.4 Å². The molecule has 0 aliphatic carbocycles. The van der Waals surface area contributed by atoms with E-state index in [1.807, 2.05) is 0 Å². The molecule has 1 N–H and O–H groups in total. The van der Waals surface area contributed by atoms with Crippen LogP contribution >= 0.6 is 0 Å². The Morgan fingerprint density at radius 2 is 0.954 bits per heavy atom. The fraction of sp³-hybridized carbons (Fsp3) is 0.512. The molecule has 22 heteroatoms. The summed E-state index contributed by atoms with van der Waals surface area (Å²) in [4.78, 5) is 86.3. The van der Waals surface area contributed by atoms with Crippen LogP contribution in [0.15, 0.2) is 83.8 Å². The first-order valence-electron chi connectivity index (χ1n) is 21.3. The molecule has 6 aromatic heterocycles.